The number of rotatable bonds is 16. The van der Waals surface area contributed by atoms with E-state index in [2.05, 4.69) is 6.58 Å². The summed E-state index contributed by atoms with van der Waals surface area (Å²) in [6.07, 6.45) is 11.7. The molecule has 0 spiro atoms. The van der Waals surface area contributed by atoms with Gasteiger partial charge in [-0.15, -0.1) is 0 Å². The van der Waals surface area contributed by atoms with E-state index in [1.54, 1.807) is 6.92 Å². The van der Waals surface area contributed by atoms with E-state index in [9.17, 15) is 14.4 Å². The number of ether oxygens (including phenoxy) is 4. The van der Waals surface area contributed by atoms with Crippen molar-refractivity contribution in [2.45, 2.75) is 103 Å². The number of unbranched alkanes of at least 4 members (excludes halogenated alkanes) is 4. The van der Waals surface area contributed by atoms with Crippen molar-refractivity contribution in [1.82, 2.24) is 0 Å². The molecule has 1 fully saturated rings. The molecule has 1 aliphatic carbocycles. The Labute approximate surface area is 180 Å². The molecule has 1 unspecified atom stereocenters. The first-order valence-corrected chi connectivity index (χ1v) is 11.3. The lowest BCUT2D eigenvalue weighted by atomic mass is 9.98. The molecule has 0 saturated heterocycles. The molecule has 1 rings (SSSR count). The van der Waals surface area contributed by atoms with Gasteiger partial charge in [-0.1, -0.05) is 25.8 Å². The Morgan fingerprint density at radius 2 is 1.47 bits per heavy atom. The van der Waals surface area contributed by atoms with Crippen molar-refractivity contribution < 1.29 is 33.3 Å². The minimum absolute atomic E-state index is 0.214. The van der Waals surface area contributed by atoms with Gasteiger partial charge in [0, 0.05) is 18.9 Å². The smallest absolute Gasteiger partial charge is 0.330 e. The molecule has 0 aliphatic heterocycles. The Morgan fingerprint density at radius 1 is 0.867 bits per heavy atom. The van der Waals surface area contributed by atoms with Gasteiger partial charge in [0.25, 0.3) is 0 Å². The predicted octanol–water partition coefficient (Wildman–Crippen LogP) is 4.62. The summed E-state index contributed by atoms with van der Waals surface area (Å²) in [7, 11) is 0. The molecular weight excluding hydrogens is 388 g/mol. The van der Waals surface area contributed by atoms with Crippen LogP contribution in [0.5, 0.6) is 0 Å². The van der Waals surface area contributed by atoms with E-state index in [1.807, 2.05) is 0 Å². The van der Waals surface area contributed by atoms with Gasteiger partial charge in [0.2, 0.25) is 0 Å². The molecule has 0 N–H and O–H groups in total. The highest BCUT2D eigenvalue weighted by atomic mass is 16.7. The number of esters is 3. The van der Waals surface area contributed by atoms with Crippen LogP contribution in [0.1, 0.15) is 90.4 Å². The Kier molecular flexibility index (Phi) is 14.7. The fourth-order valence-corrected chi connectivity index (χ4v) is 3.33. The monoisotopic (exact) mass is 426 g/mol. The lowest BCUT2D eigenvalue weighted by Crippen LogP contribution is -2.26. The summed E-state index contributed by atoms with van der Waals surface area (Å²) in [5, 5.41) is 0. The van der Waals surface area contributed by atoms with Crippen molar-refractivity contribution in [1.29, 1.82) is 0 Å². The first-order chi connectivity index (χ1) is 14.5. The molecule has 0 heterocycles. The van der Waals surface area contributed by atoms with Crippen LogP contribution in [0.25, 0.3) is 0 Å². The normalized spacial score (nSPS) is 15.2. The van der Waals surface area contributed by atoms with Crippen molar-refractivity contribution >= 4 is 17.9 Å². The highest BCUT2D eigenvalue weighted by Crippen LogP contribution is 2.21. The molecule has 30 heavy (non-hydrogen) atoms. The second-order valence-corrected chi connectivity index (χ2v) is 7.67. The molecule has 1 saturated carbocycles. The van der Waals surface area contributed by atoms with Gasteiger partial charge >= 0.3 is 17.9 Å². The maximum Gasteiger partial charge on any atom is 0.330 e. The van der Waals surface area contributed by atoms with E-state index in [1.165, 1.54) is 19.3 Å². The third-order valence-corrected chi connectivity index (χ3v) is 4.96. The van der Waals surface area contributed by atoms with E-state index in [4.69, 9.17) is 18.9 Å². The van der Waals surface area contributed by atoms with Gasteiger partial charge in [-0.05, 0) is 58.3 Å². The summed E-state index contributed by atoms with van der Waals surface area (Å²) >= 11 is 0. The van der Waals surface area contributed by atoms with Gasteiger partial charge < -0.3 is 18.9 Å². The average molecular weight is 427 g/mol. The Hall–Kier alpha value is -1.89. The van der Waals surface area contributed by atoms with E-state index in [0.29, 0.717) is 45.3 Å². The van der Waals surface area contributed by atoms with E-state index >= 15 is 0 Å². The van der Waals surface area contributed by atoms with Gasteiger partial charge in [0.05, 0.1) is 19.3 Å². The molecule has 1 atom stereocenters. The van der Waals surface area contributed by atoms with Crippen molar-refractivity contribution in [3.8, 4) is 0 Å². The Morgan fingerprint density at radius 3 is 2.10 bits per heavy atom. The molecule has 1 aliphatic rings. The van der Waals surface area contributed by atoms with Crippen LogP contribution in [0.15, 0.2) is 12.7 Å². The SMILES string of the molecule is C=CC(=O)OCCCCCC(=O)OCCCCCC(=O)OC(C)OC1CCCCC1. The lowest BCUT2D eigenvalue weighted by Gasteiger charge is -2.25. The quantitative estimate of drug-likeness (QED) is 0.117. The van der Waals surface area contributed by atoms with Crippen LogP contribution in [0.4, 0.5) is 0 Å². The van der Waals surface area contributed by atoms with Crippen LogP contribution >= 0.6 is 0 Å². The van der Waals surface area contributed by atoms with Gasteiger partial charge in [0.15, 0.2) is 6.29 Å². The largest absolute Gasteiger partial charge is 0.466 e. The number of carbonyl (C=O) groups is 3. The first kappa shape index (κ1) is 26.1. The number of hydrogen-bond donors (Lipinski definition) is 0. The first-order valence-electron chi connectivity index (χ1n) is 11.3. The minimum Gasteiger partial charge on any atom is -0.466 e. The van der Waals surface area contributed by atoms with Crippen molar-refractivity contribution in [3.63, 3.8) is 0 Å². The zero-order valence-electron chi connectivity index (χ0n) is 18.4. The van der Waals surface area contributed by atoms with Crippen LogP contribution in [0.2, 0.25) is 0 Å². The van der Waals surface area contributed by atoms with Crippen molar-refractivity contribution in [2.24, 2.45) is 0 Å². The Balaban J connectivity index is 1.90. The van der Waals surface area contributed by atoms with Crippen LogP contribution in [-0.4, -0.2) is 43.5 Å². The molecule has 0 amide bonds. The lowest BCUT2D eigenvalue weighted by molar-refractivity contribution is -0.187. The molecule has 7 nitrogen and oxygen atoms in total. The molecule has 172 valence electrons. The molecular formula is C23H38O7. The second kappa shape index (κ2) is 16.9. The standard InChI is InChI=1S/C23H38O7/c1-3-21(24)27-17-11-5-9-15-22(25)28-18-12-6-10-16-23(26)30-19(2)29-20-13-7-4-8-14-20/h3,19-20H,1,4-18H2,2H3. The third kappa shape index (κ3) is 14.1. The van der Waals surface area contributed by atoms with Gasteiger partial charge in [-0.25, -0.2) is 4.79 Å². The zero-order valence-corrected chi connectivity index (χ0v) is 18.4. The van der Waals surface area contributed by atoms with Gasteiger partial charge in [-0.2, -0.15) is 0 Å². The molecule has 0 radical (unpaired) electrons. The zero-order chi connectivity index (χ0) is 22.0. The van der Waals surface area contributed by atoms with Crippen molar-refractivity contribution in [3.05, 3.63) is 12.7 Å². The topological polar surface area (TPSA) is 88.1 Å². The van der Waals surface area contributed by atoms with E-state index in [-0.39, 0.29) is 18.0 Å². The third-order valence-electron chi connectivity index (χ3n) is 4.96. The summed E-state index contributed by atoms with van der Waals surface area (Å²) in [5.41, 5.74) is 0. The van der Waals surface area contributed by atoms with Crippen molar-refractivity contribution in [2.75, 3.05) is 13.2 Å². The fraction of sp³-hybridized carbons (Fsp3) is 0.783. The highest BCUT2D eigenvalue weighted by Gasteiger charge is 2.18. The second-order valence-electron chi connectivity index (χ2n) is 7.67. The summed E-state index contributed by atoms with van der Waals surface area (Å²) in [5.74, 6) is -0.884. The van der Waals surface area contributed by atoms with E-state index < -0.39 is 12.3 Å². The maximum absolute atomic E-state index is 11.9. The number of hydrogen-bond acceptors (Lipinski definition) is 7. The molecule has 0 bridgehead atoms. The van der Waals surface area contributed by atoms with Crippen LogP contribution < -0.4 is 0 Å². The summed E-state index contributed by atoms with van der Waals surface area (Å²) < 4.78 is 21.1. The predicted molar refractivity (Wildman–Crippen MR) is 113 cm³/mol. The van der Waals surface area contributed by atoms with Gasteiger partial charge in [0.1, 0.15) is 0 Å². The summed E-state index contributed by atoms with van der Waals surface area (Å²) in [6.45, 7) is 5.81. The summed E-state index contributed by atoms with van der Waals surface area (Å²) in [6, 6.07) is 0. The summed E-state index contributed by atoms with van der Waals surface area (Å²) in [4.78, 5) is 34.4. The maximum atomic E-state index is 11.9. The van der Waals surface area contributed by atoms with Gasteiger partial charge in [-0.3, -0.25) is 9.59 Å². The minimum atomic E-state index is -0.490. The average Bonchev–Trinajstić information content (AvgIpc) is 2.73. The highest BCUT2D eigenvalue weighted by molar-refractivity contribution is 5.81. The molecule has 0 aromatic heterocycles. The molecule has 0 aromatic rings. The van der Waals surface area contributed by atoms with Crippen LogP contribution in [0.3, 0.4) is 0 Å². The van der Waals surface area contributed by atoms with Crippen LogP contribution in [-0.2, 0) is 33.3 Å². The van der Waals surface area contributed by atoms with E-state index in [0.717, 1.165) is 38.2 Å². The number of carbonyl (C=O) groups excluding carboxylic acids is 3. The Bertz CT molecular complexity index is 512. The fourth-order valence-electron chi connectivity index (χ4n) is 3.33. The molecule has 7 heteroatoms. The van der Waals surface area contributed by atoms with Crippen LogP contribution in [0, 0.1) is 0 Å². The molecule has 0 aromatic carbocycles.